The van der Waals surface area contributed by atoms with Crippen LogP contribution in [0.5, 0.6) is 0 Å². The summed E-state index contributed by atoms with van der Waals surface area (Å²) in [6, 6.07) is 6.10. The van der Waals surface area contributed by atoms with Crippen LogP contribution in [0.25, 0.3) is 0 Å². The largest absolute Gasteiger partial charge is 0.336 e. The molecule has 3 rings (SSSR count). The minimum Gasteiger partial charge on any atom is -0.336 e. The van der Waals surface area contributed by atoms with Gasteiger partial charge in [-0.15, -0.1) is 0 Å². The number of amidine groups is 1. The Hall–Kier alpha value is -1.93. The molecule has 23 heavy (non-hydrogen) atoms. The van der Waals surface area contributed by atoms with Gasteiger partial charge in [-0.1, -0.05) is 12.1 Å². The number of fused-ring (bicyclic) bond motifs is 1. The van der Waals surface area contributed by atoms with Crippen molar-refractivity contribution in [3.8, 4) is 0 Å². The Morgan fingerprint density at radius 3 is 2.87 bits per heavy atom. The molecule has 0 radical (unpaired) electrons. The van der Waals surface area contributed by atoms with Gasteiger partial charge >= 0.3 is 0 Å². The van der Waals surface area contributed by atoms with Crippen LogP contribution in [-0.2, 0) is 14.8 Å². The summed E-state index contributed by atoms with van der Waals surface area (Å²) in [7, 11) is -3.58. The van der Waals surface area contributed by atoms with Crippen LogP contribution in [0, 0.1) is 0 Å². The highest BCUT2D eigenvalue weighted by Crippen LogP contribution is 2.22. The fourth-order valence-corrected chi connectivity index (χ4v) is 4.13. The molecule has 2 heterocycles. The van der Waals surface area contributed by atoms with Crippen LogP contribution in [-0.4, -0.2) is 56.8 Å². The number of aliphatic imine (C=N–C) groups is 1. The van der Waals surface area contributed by atoms with E-state index >= 15 is 0 Å². The van der Waals surface area contributed by atoms with E-state index in [0.29, 0.717) is 12.1 Å². The summed E-state index contributed by atoms with van der Waals surface area (Å²) in [5.74, 6) is 0.152. The van der Waals surface area contributed by atoms with Crippen molar-refractivity contribution in [1.29, 1.82) is 0 Å². The van der Waals surface area contributed by atoms with Gasteiger partial charge in [0, 0.05) is 31.2 Å². The van der Waals surface area contributed by atoms with Crippen molar-refractivity contribution in [3.63, 3.8) is 0 Å². The van der Waals surface area contributed by atoms with Gasteiger partial charge in [-0.2, -0.15) is 0 Å². The molecule has 1 aromatic carbocycles. The number of piperazine rings is 1. The molecule has 0 aromatic heterocycles. The fraction of sp³-hybridized carbons (Fsp3) is 0.467. The maximum absolute atomic E-state index is 12.6. The standard InChI is InChI=1S/C15H20N4O3S/c1-10-9-16-7-8-19(10)15(20)11(2)17-14-12-5-3-4-6-13(12)23(21,22)18-14/h3-6,10-11,16H,7-9H2,1-2H3,(H,17,18)/t10-,11?/m0/s1. The molecule has 2 aliphatic heterocycles. The van der Waals surface area contributed by atoms with Gasteiger partial charge in [-0.05, 0) is 26.0 Å². The topological polar surface area (TPSA) is 90.9 Å². The van der Waals surface area contributed by atoms with E-state index in [1.807, 2.05) is 6.92 Å². The molecule has 7 nitrogen and oxygen atoms in total. The van der Waals surface area contributed by atoms with Gasteiger partial charge in [0.05, 0.1) is 4.90 Å². The van der Waals surface area contributed by atoms with Crippen LogP contribution in [0.2, 0.25) is 0 Å². The van der Waals surface area contributed by atoms with Crippen LogP contribution >= 0.6 is 0 Å². The fourth-order valence-electron chi connectivity index (χ4n) is 2.89. The van der Waals surface area contributed by atoms with E-state index in [4.69, 9.17) is 0 Å². The zero-order valence-electron chi connectivity index (χ0n) is 13.1. The minimum atomic E-state index is -3.58. The summed E-state index contributed by atoms with van der Waals surface area (Å²) in [5, 5.41) is 3.23. The molecule has 0 saturated carbocycles. The number of hydrogen-bond acceptors (Lipinski definition) is 5. The van der Waals surface area contributed by atoms with Crippen LogP contribution in [0.4, 0.5) is 0 Å². The quantitative estimate of drug-likeness (QED) is 0.791. The average molecular weight is 336 g/mol. The van der Waals surface area contributed by atoms with Crippen LogP contribution < -0.4 is 10.0 Å². The SMILES string of the molecule is CC(N=C1NS(=O)(=O)c2ccccc21)C(=O)N1CCNC[C@@H]1C. The molecular weight excluding hydrogens is 316 g/mol. The number of hydrogen-bond donors (Lipinski definition) is 2. The second-order valence-electron chi connectivity index (χ2n) is 5.84. The smallest absolute Gasteiger partial charge is 0.263 e. The van der Waals surface area contributed by atoms with E-state index in [2.05, 4.69) is 15.0 Å². The van der Waals surface area contributed by atoms with Crippen molar-refractivity contribution in [2.24, 2.45) is 4.99 Å². The third-order valence-corrected chi connectivity index (χ3v) is 5.52. The third-order valence-electron chi connectivity index (χ3n) is 4.13. The number of nitrogens with zero attached hydrogens (tertiary/aromatic N) is 2. The normalized spacial score (nSPS) is 25.7. The predicted octanol–water partition coefficient (Wildman–Crippen LogP) is -0.0661. The lowest BCUT2D eigenvalue weighted by molar-refractivity contribution is -0.134. The first kappa shape index (κ1) is 15.9. The van der Waals surface area contributed by atoms with Gasteiger partial charge in [0.25, 0.3) is 10.0 Å². The molecule has 0 spiro atoms. The summed E-state index contributed by atoms with van der Waals surface area (Å²) in [6.45, 7) is 5.83. The van der Waals surface area contributed by atoms with Crippen molar-refractivity contribution in [1.82, 2.24) is 14.9 Å². The van der Waals surface area contributed by atoms with Gasteiger partial charge in [0.15, 0.2) is 0 Å². The Bertz CT molecular complexity index is 760. The second-order valence-corrected chi connectivity index (χ2v) is 7.49. The maximum atomic E-state index is 12.6. The first-order chi connectivity index (χ1) is 10.9. The van der Waals surface area contributed by atoms with Gasteiger partial charge in [-0.25, -0.2) is 8.42 Å². The van der Waals surface area contributed by atoms with Crippen LogP contribution in [0.1, 0.15) is 19.4 Å². The van der Waals surface area contributed by atoms with E-state index in [0.717, 1.165) is 13.1 Å². The van der Waals surface area contributed by atoms with Crippen LogP contribution in [0.15, 0.2) is 34.2 Å². The molecule has 8 heteroatoms. The van der Waals surface area contributed by atoms with Gasteiger partial charge < -0.3 is 10.2 Å². The molecule has 1 unspecified atom stereocenters. The molecular formula is C15H20N4O3S. The first-order valence-corrected chi connectivity index (χ1v) is 9.09. The summed E-state index contributed by atoms with van der Waals surface area (Å²) < 4.78 is 26.6. The molecule has 2 atom stereocenters. The number of sulfonamides is 1. The van der Waals surface area contributed by atoms with Gasteiger partial charge in [0.2, 0.25) is 5.91 Å². The molecule has 1 amide bonds. The maximum Gasteiger partial charge on any atom is 0.263 e. The summed E-state index contributed by atoms with van der Waals surface area (Å²) in [4.78, 5) is 18.9. The number of rotatable bonds is 2. The second kappa shape index (κ2) is 5.93. The Morgan fingerprint density at radius 2 is 2.13 bits per heavy atom. The Balaban J connectivity index is 1.86. The zero-order chi connectivity index (χ0) is 16.6. The molecule has 2 aliphatic rings. The molecule has 1 fully saturated rings. The minimum absolute atomic E-state index is 0.0879. The molecule has 0 aliphatic carbocycles. The van der Waals surface area contributed by atoms with Crippen molar-refractivity contribution in [3.05, 3.63) is 29.8 Å². The van der Waals surface area contributed by atoms with Crippen LogP contribution in [0.3, 0.4) is 0 Å². The van der Waals surface area contributed by atoms with Crippen molar-refractivity contribution >= 4 is 21.8 Å². The molecule has 2 N–H and O–H groups in total. The highest BCUT2D eigenvalue weighted by molar-refractivity contribution is 7.90. The molecule has 124 valence electrons. The number of nitrogens with one attached hydrogen (secondary N) is 2. The summed E-state index contributed by atoms with van der Waals surface area (Å²) in [6.07, 6.45) is 0. The summed E-state index contributed by atoms with van der Waals surface area (Å²) >= 11 is 0. The summed E-state index contributed by atoms with van der Waals surface area (Å²) in [5.41, 5.74) is 0.514. The third kappa shape index (κ3) is 2.96. The van der Waals surface area contributed by atoms with Crippen molar-refractivity contribution in [2.45, 2.75) is 30.8 Å². The van der Waals surface area contributed by atoms with Crippen molar-refractivity contribution in [2.75, 3.05) is 19.6 Å². The highest BCUT2D eigenvalue weighted by atomic mass is 32.2. The van der Waals surface area contributed by atoms with Crippen molar-refractivity contribution < 1.29 is 13.2 Å². The highest BCUT2D eigenvalue weighted by Gasteiger charge is 2.32. The number of carbonyl (C=O) groups excluding carboxylic acids is 1. The lowest BCUT2D eigenvalue weighted by Crippen LogP contribution is -2.54. The lowest BCUT2D eigenvalue weighted by Gasteiger charge is -2.35. The first-order valence-electron chi connectivity index (χ1n) is 7.61. The van der Waals surface area contributed by atoms with E-state index < -0.39 is 16.1 Å². The number of carbonyl (C=O) groups is 1. The van der Waals surface area contributed by atoms with E-state index in [1.165, 1.54) is 6.07 Å². The number of amides is 1. The van der Waals surface area contributed by atoms with E-state index in [1.54, 1.807) is 30.0 Å². The predicted molar refractivity (Wildman–Crippen MR) is 86.8 cm³/mol. The van der Waals surface area contributed by atoms with Gasteiger partial charge in [0.1, 0.15) is 11.9 Å². The Kier molecular flexibility index (Phi) is 4.11. The Morgan fingerprint density at radius 1 is 1.39 bits per heavy atom. The molecule has 1 aromatic rings. The Labute approximate surface area is 135 Å². The molecule has 1 saturated heterocycles. The average Bonchev–Trinajstić information content (AvgIpc) is 2.78. The van der Waals surface area contributed by atoms with E-state index in [9.17, 15) is 13.2 Å². The number of benzene rings is 1. The molecule has 0 bridgehead atoms. The lowest BCUT2D eigenvalue weighted by atomic mass is 10.1. The van der Waals surface area contributed by atoms with Gasteiger partial charge in [-0.3, -0.25) is 14.5 Å². The zero-order valence-corrected chi connectivity index (χ0v) is 13.9. The monoisotopic (exact) mass is 336 g/mol. The van der Waals surface area contributed by atoms with E-state index in [-0.39, 0.29) is 22.7 Å².